The standard InChI is InChI=1S/C27H31N3O4/c1-33-17-22-5-4-16-30(22)27(32)20-10-8-18(9-11-20)19-12-14-21(15-13-19)28-26(31)25-23-6-2-3-7-24(23)29-34-25/h2-3,6-7,12-15,18,20,22H,4-5,8-11,16-17H2,1H3,(H,28,31)/t18?,20?,22-/m0/s1. The Morgan fingerprint density at radius 3 is 2.59 bits per heavy atom. The number of carbonyl (C=O) groups is 2. The zero-order chi connectivity index (χ0) is 23.5. The highest BCUT2D eigenvalue weighted by atomic mass is 16.5. The Balaban J connectivity index is 1.16. The summed E-state index contributed by atoms with van der Waals surface area (Å²) in [6.07, 6.45) is 5.99. The maximum Gasteiger partial charge on any atom is 0.294 e. The molecule has 1 aliphatic heterocycles. The van der Waals surface area contributed by atoms with Crippen molar-refractivity contribution in [3.8, 4) is 0 Å². The fourth-order valence-electron chi connectivity index (χ4n) is 5.48. The van der Waals surface area contributed by atoms with Gasteiger partial charge in [-0.05, 0) is 74.3 Å². The SMILES string of the molecule is COC[C@@H]1CCCN1C(=O)C1CCC(c2ccc(NC(=O)c3onc4ccccc34)cc2)CC1. The third-order valence-electron chi connectivity index (χ3n) is 7.33. The van der Waals surface area contributed by atoms with Crippen LogP contribution in [0.25, 0.3) is 10.9 Å². The van der Waals surface area contributed by atoms with E-state index < -0.39 is 0 Å². The first-order valence-corrected chi connectivity index (χ1v) is 12.2. The number of methoxy groups -OCH3 is 1. The Kier molecular flexibility index (Phi) is 6.63. The molecule has 1 aromatic heterocycles. The van der Waals surface area contributed by atoms with E-state index >= 15 is 0 Å². The van der Waals surface area contributed by atoms with Crippen molar-refractivity contribution in [2.45, 2.75) is 50.5 Å². The molecule has 7 heteroatoms. The number of hydrogen-bond donors (Lipinski definition) is 1. The van der Waals surface area contributed by atoms with E-state index in [2.05, 4.69) is 27.5 Å². The number of ether oxygens (including phenoxy) is 1. The van der Waals surface area contributed by atoms with Crippen LogP contribution in [0.4, 0.5) is 5.69 Å². The second kappa shape index (κ2) is 9.97. The highest BCUT2D eigenvalue weighted by Crippen LogP contribution is 2.37. The van der Waals surface area contributed by atoms with Crippen molar-refractivity contribution in [3.05, 3.63) is 59.9 Å². The molecule has 0 unspecified atom stereocenters. The van der Waals surface area contributed by atoms with Crippen molar-refractivity contribution in [2.24, 2.45) is 5.92 Å². The summed E-state index contributed by atoms with van der Waals surface area (Å²) in [5.74, 6) is 0.794. The molecule has 7 nitrogen and oxygen atoms in total. The molecule has 3 aromatic rings. The molecule has 0 spiro atoms. The number of anilines is 1. The summed E-state index contributed by atoms with van der Waals surface area (Å²) in [6, 6.07) is 15.6. The Hall–Kier alpha value is -3.19. The monoisotopic (exact) mass is 461 g/mol. The molecule has 2 aromatic carbocycles. The highest BCUT2D eigenvalue weighted by molar-refractivity contribution is 6.10. The molecule has 1 saturated heterocycles. The summed E-state index contributed by atoms with van der Waals surface area (Å²) in [4.78, 5) is 27.8. The number of rotatable bonds is 6. The number of fused-ring (bicyclic) bond motifs is 1. The fraction of sp³-hybridized carbons (Fsp3) is 0.444. The van der Waals surface area contributed by atoms with E-state index in [4.69, 9.17) is 9.26 Å². The molecule has 1 atom stereocenters. The topological polar surface area (TPSA) is 84.7 Å². The Morgan fingerprint density at radius 2 is 1.82 bits per heavy atom. The van der Waals surface area contributed by atoms with Gasteiger partial charge in [-0.3, -0.25) is 9.59 Å². The first-order chi connectivity index (χ1) is 16.6. The van der Waals surface area contributed by atoms with Crippen molar-refractivity contribution in [2.75, 3.05) is 25.6 Å². The van der Waals surface area contributed by atoms with Gasteiger partial charge in [0.05, 0.1) is 18.0 Å². The summed E-state index contributed by atoms with van der Waals surface area (Å²) in [6.45, 7) is 1.50. The summed E-state index contributed by atoms with van der Waals surface area (Å²) in [7, 11) is 1.71. The summed E-state index contributed by atoms with van der Waals surface area (Å²) < 4.78 is 10.6. The molecule has 1 aliphatic carbocycles. The molecule has 2 heterocycles. The van der Waals surface area contributed by atoms with Crippen LogP contribution >= 0.6 is 0 Å². The predicted molar refractivity (Wildman–Crippen MR) is 130 cm³/mol. The van der Waals surface area contributed by atoms with Crippen molar-refractivity contribution >= 4 is 28.4 Å². The van der Waals surface area contributed by atoms with Crippen molar-refractivity contribution in [3.63, 3.8) is 0 Å². The molecular weight excluding hydrogens is 430 g/mol. The van der Waals surface area contributed by atoms with Gasteiger partial charge in [0, 0.05) is 25.3 Å². The lowest BCUT2D eigenvalue weighted by Gasteiger charge is -2.33. The molecule has 5 rings (SSSR count). The van der Waals surface area contributed by atoms with Crippen LogP contribution in [0.1, 0.15) is 60.6 Å². The molecule has 2 amide bonds. The van der Waals surface area contributed by atoms with Gasteiger partial charge in [-0.2, -0.15) is 0 Å². The smallest absolute Gasteiger partial charge is 0.294 e. The van der Waals surface area contributed by atoms with Crippen molar-refractivity contribution in [1.82, 2.24) is 10.1 Å². The number of aromatic nitrogens is 1. The third kappa shape index (κ3) is 4.57. The molecule has 1 N–H and O–H groups in total. The Bertz CT molecular complexity index is 1150. The fourth-order valence-corrected chi connectivity index (χ4v) is 5.48. The molecule has 34 heavy (non-hydrogen) atoms. The van der Waals surface area contributed by atoms with Gasteiger partial charge in [0.1, 0.15) is 5.52 Å². The minimum Gasteiger partial charge on any atom is -0.383 e. The van der Waals surface area contributed by atoms with E-state index in [1.165, 1.54) is 5.56 Å². The molecule has 0 radical (unpaired) electrons. The molecule has 0 bridgehead atoms. The molecule has 178 valence electrons. The van der Waals surface area contributed by atoms with Crippen molar-refractivity contribution in [1.29, 1.82) is 0 Å². The van der Waals surface area contributed by atoms with Crippen molar-refractivity contribution < 1.29 is 18.8 Å². The van der Waals surface area contributed by atoms with Crippen LogP contribution in [0.2, 0.25) is 0 Å². The maximum absolute atomic E-state index is 13.1. The van der Waals surface area contributed by atoms with Gasteiger partial charge in [0.25, 0.3) is 5.91 Å². The lowest BCUT2D eigenvalue weighted by Crippen LogP contribution is -2.42. The van der Waals surface area contributed by atoms with E-state index in [0.717, 1.165) is 50.8 Å². The quantitative estimate of drug-likeness (QED) is 0.559. The van der Waals surface area contributed by atoms with Gasteiger partial charge < -0.3 is 19.5 Å². The average Bonchev–Trinajstić information content (AvgIpc) is 3.52. The number of likely N-dealkylation sites (tertiary alicyclic amines) is 1. The average molecular weight is 462 g/mol. The summed E-state index contributed by atoms with van der Waals surface area (Å²) in [5.41, 5.74) is 2.64. The number of amides is 2. The largest absolute Gasteiger partial charge is 0.383 e. The molecule has 1 saturated carbocycles. The Labute approximate surface area is 199 Å². The minimum atomic E-state index is -0.311. The number of carbonyl (C=O) groups excluding carboxylic acids is 2. The molecular formula is C27H31N3O4. The number of hydrogen-bond acceptors (Lipinski definition) is 5. The van der Waals surface area contributed by atoms with Gasteiger partial charge in [-0.25, -0.2) is 0 Å². The second-order valence-corrected chi connectivity index (χ2v) is 9.44. The predicted octanol–water partition coefficient (Wildman–Crippen LogP) is 4.99. The first kappa shape index (κ1) is 22.6. The van der Waals surface area contributed by atoms with Crippen LogP contribution in [0, 0.1) is 5.92 Å². The van der Waals surface area contributed by atoms with Gasteiger partial charge in [0.15, 0.2) is 0 Å². The zero-order valence-corrected chi connectivity index (χ0v) is 19.5. The van der Waals surface area contributed by atoms with Gasteiger partial charge in [-0.1, -0.05) is 29.4 Å². The van der Waals surface area contributed by atoms with E-state index in [-0.39, 0.29) is 23.6 Å². The van der Waals surface area contributed by atoms with Gasteiger partial charge in [0.2, 0.25) is 11.7 Å². The van der Waals surface area contributed by atoms with Crippen LogP contribution < -0.4 is 5.32 Å². The van der Waals surface area contributed by atoms with Gasteiger partial charge in [-0.15, -0.1) is 0 Å². The van der Waals surface area contributed by atoms with E-state index in [1.54, 1.807) is 7.11 Å². The van der Waals surface area contributed by atoms with E-state index in [0.29, 0.717) is 29.3 Å². The van der Waals surface area contributed by atoms with E-state index in [9.17, 15) is 9.59 Å². The molecule has 2 fully saturated rings. The third-order valence-corrected chi connectivity index (χ3v) is 7.33. The van der Waals surface area contributed by atoms with Gasteiger partial charge >= 0.3 is 0 Å². The van der Waals surface area contributed by atoms with Crippen LogP contribution in [0.5, 0.6) is 0 Å². The zero-order valence-electron chi connectivity index (χ0n) is 19.5. The molecule has 2 aliphatic rings. The van der Waals surface area contributed by atoms with Crippen LogP contribution in [-0.4, -0.2) is 48.2 Å². The first-order valence-electron chi connectivity index (χ1n) is 12.2. The number of nitrogens with zero attached hydrogens (tertiary/aromatic N) is 2. The lowest BCUT2D eigenvalue weighted by molar-refractivity contribution is -0.138. The minimum absolute atomic E-state index is 0.129. The Morgan fingerprint density at radius 1 is 1.06 bits per heavy atom. The summed E-state index contributed by atoms with van der Waals surface area (Å²) in [5, 5.41) is 7.55. The highest BCUT2D eigenvalue weighted by Gasteiger charge is 2.35. The van der Waals surface area contributed by atoms with E-state index in [1.807, 2.05) is 36.4 Å². The maximum atomic E-state index is 13.1. The number of nitrogens with one attached hydrogen (secondary N) is 1. The van der Waals surface area contributed by atoms with Crippen LogP contribution in [0.15, 0.2) is 53.1 Å². The normalized spacial score (nSPS) is 22.7. The summed E-state index contributed by atoms with van der Waals surface area (Å²) >= 11 is 0. The number of benzene rings is 2. The lowest BCUT2D eigenvalue weighted by atomic mass is 9.78. The second-order valence-electron chi connectivity index (χ2n) is 9.44. The van der Waals surface area contributed by atoms with Crippen LogP contribution in [-0.2, 0) is 9.53 Å². The van der Waals surface area contributed by atoms with Crippen LogP contribution in [0.3, 0.4) is 0 Å².